The summed E-state index contributed by atoms with van der Waals surface area (Å²) in [6, 6.07) is 11.0. The molecule has 0 saturated carbocycles. The summed E-state index contributed by atoms with van der Waals surface area (Å²) in [5, 5.41) is 3.55. The third-order valence-electron chi connectivity index (χ3n) is 3.49. The van der Waals surface area contributed by atoms with Gasteiger partial charge in [-0.2, -0.15) is 0 Å². The number of ether oxygens (including phenoxy) is 1. The molecule has 1 saturated heterocycles. The maximum atomic E-state index is 10.5. The Kier molecular flexibility index (Phi) is 4.59. The first-order valence-corrected chi connectivity index (χ1v) is 6.46. The van der Waals surface area contributed by atoms with Crippen LogP contribution in [0.2, 0.25) is 0 Å². The lowest BCUT2D eigenvalue weighted by Crippen LogP contribution is -2.33. The van der Waals surface area contributed by atoms with E-state index in [1.807, 2.05) is 6.07 Å². The molecule has 1 amide bonds. The quantitative estimate of drug-likeness (QED) is 0.858. The van der Waals surface area contributed by atoms with Gasteiger partial charge < -0.3 is 15.8 Å². The van der Waals surface area contributed by atoms with Gasteiger partial charge in [0.25, 0.3) is 0 Å². The zero-order valence-corrected chi connectivity index (χ0v) is 10.5. The van der Waals surface area contributed by atoms with Gasteiger partial charge in [-0.15, -0.1) is 0 Å². The van der Waals surface area contributed by atoms with Crippen molar-refractivity contribution in [1.82, 2.24) is 5.32 Å². The van der Waals surface area contributed by atoms with Crippen molar-refractivity contribution < 1.29 is 9.53 Å². The van der Waals surface area contributed by atoms with Crippen LogP contribution in [0, 0.1) is 5.92 Å². The number of amides is 1. The number of carbonyl (C=O) groups is 1. The van der Waals surface area contributed by atoms with Gasteiger partial charge in [-0.1, -0.05) is 30.3 Å². The van der Waals surface area contributed by atoms with Crippen molar-refractivity contribution in [3.8, 4) is 0 Å². The number of nitrogens with two attached hydrogens (primary N) is 1. The molecule has 1 aliphatic rings. The number of rotatable bonds is 4. The zero-order chi connectivity index (χ0) is 12.8. The first kappa shape index (κ1) is 12.9. The van der Waals surface area contributed by atoms with Crippen molar-refractivity contribution in [3.63, 3.8) is 0 Å². The van der Waals surface area contributed by atoms with Gasteiger partial charge in [0.1, 0.15) is 0 Å². The molecule has 1 aliphatic heterocycles. The SMILES string of the molecule is NC(=O)OCC[C@H]1CC[C@@H](c2ccccc2)NC1. The van der Waals surface area contributed by atoms with Crippen LogP contribution in [0.15, 0.2) is 30.3 Å². The van der Waals surface area contributed by atoms with E-state index in [4.69, 9.17) is 10.5 Å². The molecule has 0 bridgehead atoms. The van der Waals surface area contributed by atoms with Gasteiger partial charge in [-0.25, -0.2) is 4.79 Å². The maximum Gasteiger partial charge on any atom is 0.404 e. The highest BCUT2D eigenvalue weighted by molar-refractivity contribution is 5.64. The Morgan fingerprint density at radius 2 is 2.11 bits per heavy atom. The average molecular weight is 248 g/mol. The van der Waals surface area contributed by atoms with E-state index >= 15 is 0 Å². The number of benzene rings is 1. The van der Waals surface area contributed by atoms with Crippen molar-refractivity contribution >= 4 is 6.09 Å². The highest BCUT2D eigenvalue weighted by atomic mass is 16.5. The number of primary amides is 1. The topological polar surface area (TPSA) is 64.4 Å². The van der Waals surface area contributed by atoms with Crippen LogP contribution in [-0.2, 0) is 4.74 Å². The summed E-state index contributed by atoms with van der Waals surface area (Å²) in [6.45, 7) is 1.40. The predicted octanol–water partition coefficient (Wildman–Crippen LogP) is 2.21. The van der Waals surface area contributed by atoms with Crippen LogP contribution >= 0.6 is 0 Å². The fourth-order valence-corrected chi connectivity index (χ4v) is 2.46. The average Bonchev–Trinajstić information content (AvgIpc) is 2.40. The van der Waals surface area contributed by atoms with Crippen molar-refractivity contribution in [2.45, 2.75) is 25.3 Å². The molecule has 2 rings (SSSR count). The highest BCUT2D eigenvalue weighted by Crippen LogP contribution is 2.26. The fraction of sp³-hybridized carbons (Fsp3) is 0.500. The van der Waals surface area contributed by atoms with Crippen molar-refractivity contribution in [3.05, 3.63) is 35.9 Å². The van der Waals surface area contributed by atoms with Crippen LogP contribution in [0.5, 0.6) is 0 Å². The van der Waals surface area contributed by atoms with Crippen LogP contribution in [0.1, 0.15) is 30.9 Å². The number of nitrogens with one attached hydrogen (secondary N) is 1. The van der Waals surface area contributed by atoms with Crippen LogP contribution in [0.3, 0.4) is 0 Å². The van der Waals surface area contributed by atoms with Crippen LogP contribution in [-0.4, -0.2) is 19.2 Å². The molecule has 2 atom stereocenters. The Morgan fingerprint density at radius 3 is 2.72 bits per heavy atom. The van der Waals surface area contributed by atoms with E-state index in [2.05, 4.69) is 29.6 Å². The van der Waals surface area contributed by atoms with Crippen molar-refractivity contribution in [2.75, 3.05) is 13.2 Å². The summed E-state index contributed by atoms with van der Waals surface area (Å²) in [4.78, 5) is 10.5. The van der Waals surface area contributed by atoms with Gasteiger partial charge in [0.2, 0.25) is 0 Å². The standard InChI is InChI=1S/C14H20N2O2/c15-14(17)18-9-8-11-6-7-13(16-10-11)12-4-2-1-3-5-12/h1-5,11,13,16H,6-10H2,(H2,15,17)/t11-,13+/m1/s1. The van der Waals surface area contributed by atoms with E-state index in [-0.39, 0.29) is 0 Å². The molecule has 0 aromatic heterocycles. The summed E-state index contributed by atoms with van der Waals surface area (Å²) < 4.78 is 4.77. The summed E-state index contributed by atoms with van der Waals surface area (Å²) in [5.74, 6) is 0.573. The molecule has 3 N–H and O–H groups in total. The second-order valence-electron chi connectivity index (χ2n) is 4.77. The minimum atomic E-state index is -0.680. The van der Waals surface area contributed by atoms with Crippen LogP contribution in [0.4, 0.5) is 4.79 Å². The monoisotopic (exact) mass is 248 g/mol. The number of carbonyl (C=O) groups excluding carboxylic acids is 1. The largest absolute Gasteiger partial charge is 0.450 e. The molecule has 0 radical (unpaired) electrons. The summed E-state index contributed by atoms with van der Waals surface area (Å²) >= 11 is 0. The molecule has 1 aromatic rings. The normalized spacial score (nSPS) is 23.6. The molecule has 0 spiro atoms. The smallest absolute Gasteiger partial charge is 0.404 e. The third-order valence-corrected chi connectivity index (χ3v) is 3.49. The van der Waals surface area contributed by atoms with Gasteiger partial charge >= 0.3 is 6.09 Å². The molecule has 0 aliphatic carbocycles. The van der Waals surface area contributed by atoms with Crippen LogP contribution in [0.25, 0.3) is 0 Å². The van der Waals surface area contributed by atoms with Gasteiger partial charge in [0.05, 0.1) is 6.61 Å². The molecule has 1 fully saturated rings. The minimum absolute atomic E-state index is 0.428. The lowest BCUT2D eigenvalue weighted by Gasteiger charge is -2.30. The first-order valence-electron chi connectivity index (χ1n) is 6.46. The predicted molar refractivity (Wildman–Crippen MR) is 70.1 cm³/mol. The molecule has 98 valence electrons. The lowest BCUT2D eigenvalue weighted by atomic mass is 9.89. The summed E-state index contributed by atoms with van der Waals surface area (Å²) in [6.07, 6.45) is 2.50. The number of piperidine rings is 1. The molecule has 4 nitrogen and oxygen atoms in total. The van der Waals surface area contributed by atoms with Crippen LogP contribution < -0.4 is 11.1 Å². The molecular weight excluding hydrogens is 228 g/mol. The molecular formula is C14H20N2O2. The highest BCUT2D eigenvalue weighted by Gasteiger charge is 2.21. The van der Waals surface area contributed by atoms with Crippen molar-refractivity contribution in [1.29, 1.82) is 0 Å². The van der Waals surface area contributed by atoms with Gasteiger partial charge in [0.15, 0.2) is 0 Å². The second-order valence-corrected chi connectivity index (χ2v) is 4.77. The van der Waals surface area contributed by atoms with Crippen molar-refractivity contribution in [2.24, 2.45) is 11.7 Å². The Bertz CT molecular complexity index is 373. The number of hydrogen-bond acceptors (Lipinski definition) is 3. The van der Waals surface area contributed by atoms with Gasteiger partial charge in [0, 0.05) is 6.04 Å². The minimum Gasteiger partial charge on any atom is -0.450 e. The van der Waals surface area contributed by atoms with Gasteiger partial charge in [-0.3, -0.25) is 0 Å². The molecule has 1 heterocycles. The van der Waals surface area contributed by atoms with E-state index in [1.165, 1.54) is 5.56 Å². The van der Waals surface area contributed by atoms with E-state index in [0.29, 0.717) is 18.6 Å². The van der Waals surface area contributed by atoms with E-state index in [1.54, 1.807) is 0 Å². The Hall–Kier alpha value is -1.55. The van der Waals surface area contributed by atoms with E-state index in [0.717, 1.165) is 25.8 Å². The second kappa shape index (κ2) is 6.40. The summed E-state index contributed by atoms with van der Waals surface area (Å²) in [7, 11) is 0. The molecule has 1 aromatic carbocycles. The fourth-order valence-electron chi connectivity index (χ4n) is 2.46. The molecule has 0 unspecified atom stereocenters. The van der Waals surface area contributed by atoms with E-state index < -0.39 is 6.09 Å². The maximum absolute atomic E-state index is 10.5. The van der Waals surface area contributed by atoms with E-state index in [9.17, 15) is 4.79 Å². The Morgan fingerprint density at radius 1 is 1.33 bits per heavy atom. The number of hydrogen-bond donors (Lipinski definition) is 2. The lowest BCUT2D eigenvalue weighted by molar-refractivity contribution is 0.143. The van der Waals surface area contributed by atoms with Gasteiger partial charge in [-0.05, 0) is 37.3 Å². The third kappa shape index (κ3) is 3.74. The summed E-state index contributed by atoms with van der Waals surface area (Å²) in [5.41, 5.74) is 6.28. The first-order chi connectivity index (χ1) is 8.75. The molecule has 18 heavy (non-hydrogen) atoms. The Balaban J connectivity index is 1.73. The molecule has 4 heteroatoms. The zero-order valence-electron chi connectivity index (χ0n) is 10.5. The Labute approximate surface area is 108 Å².